The molecule has 0 aliphatic carbocycles. The maximum absolute atomic E-state index is 12.7. The highest BCUT2D eigenvalue weighted by molar-refractivity contribution is 5.92. The average Bonchev–Trinajstić information content (AvgIpc) is 3.43. The molecule has 34 heavy (non-hydrogen) atoms. The lowest BCUT2D eigenvalue weighted by molar-refractivity contribution is -0.274. The van der Waals surface area contributed by atoms with Gasteiger partial charge in [-0.05, 0) is 61.0 Å². The Labute approximate surface area is 191 Å². The standard InChI is InChI=1S/C23H19F3N4O4/c1-14-5-10-19(32-2)17(12-14)27-20(31)13-30-11-3-4-18(30)22-28-21(29-34-22)15-6-8-16(9-7-15)33-23(24,25)26/h3-12H,13H2,1-2H3,(H,27,31). The molecule has 0 saturated carbocycles. The molecular weight excluding hydrogens is 453 g/mol. The largest absolute Gasteiger partial charge is 0.573 e. The summed E-state index contributed by atoms with van der Waals surface area (Å²) in [5.41, 5.74) is 2.46. The van der Waals surface area contributed by atoms with E-state index in [-0.39, 0.29) is 29.9 Å². The Bertz CT molecular complexity index is 1300. The number of anilines is 1. The molecule has 0 spiro atoms. The predicted molar refractivity (Wildman–Crippen MR) is 116 cm³/mol. The number of ether oxygens (including phenoxy) is 2. The summed E-state index contributed by atoms with van der Waals surface area (Å²) in [6.07, 6.45) is -3.08. The van der Waals surface area contributed by atoms with Crippen molar-refractivity contribution < 1.29 is 32.0 Å². The average molecular weight is 472 g/mol. The molecule has 0 aliphatic rings. The van der Waals surface area contributed by atoms with Crippen LogP contribution in [0.3, 0.4) is 0 Å². The number of nitrogens with zero attached hydrogens (tertiary/aromatic N) is 3. The van der Waals surface area contributed by atoms with Gasteiger partial charge in [-0.2, -0.15) is 4.98 Å². The summed E-state index contributed by atoms with van der Waals surface area (Å²) in [4.78, 5) is 17.0. The number of aromatic nitrogens is 3. The fourth-order valence-electron chi connectivity index (χ4n) is 3.26. The summed E-state index contributed by atoms with van der Waals surface area (Å²) in [6.45, 7) is 1.88. The van der Waals surface area contributed by atoms with Crippen LogP contribution >= 0.6 is 0 Å². The first-order valence-corrected chi connectivity index (χ1v) is 10.0. The van der Waals surface area contributed by atoms with Gasteiger partial charge in [-0.15, -0.1) is 13.2 Å². The first-order chi connectivity index (χ1) is 16.2. The van der Waals surface area contributed by atoms with Crippen molar-refractivity contribution in [1.29, 1.82) is 0 Å². The van der Waals surface area contributed by atoms with Crippen molar-refractivity contribution in [3.63, 3.8) is 0 Å². The maximum atomic E-state index is 12.7. The van der Waals surface area contributed by atoms with E-state index in [9.17, 15) is 18.0 Å². The Balaban J connectivity index is 1.48. The SMILES string of the molecule is COc1ccc(C)cc1NC(=O)Cn1cccc1-c1nc(-c2ccc(OC(F)(F)F)cc2)no1. The molecule has 0 bridgehead atoms. The third-order valence-electron chi connectivity index (χ3n) is 4.76. The third-order valence-corrected chi connectivity index (χ3v) is 4.76. The van der Waals surface area contributed by atoms with E-state index in [1.54, 1.807) is 29.0 Å². The zero-order valence-corrected chi connectivity index (χ0v) is 18.1. The number of amides is 1. The Hall–Kier alpha value is -4.28. The number of carbonyl (C=O) groups is 1. The Morgan fingerprint density at radius 3 is 2.62 bits per heavy atom. The summed E-state index contributed by atoms with van der Waals surface area (Å²) >= 11 is 0. The van der Waals surface area contributed by atoms with Gasteiger partial charge in [0.2, 0.25) is 11.7 Å². The number of carbonyl (C=O) groups excluding carboxylic acids is 1. The smallest absolute Gasteiger partial charge is 0.495 e. The van der Waals surface area contributed by atoms with Crippen LogP contribution in [0.4, 0.5) is 18.9 Å². The summed E-state index contributed by atoms with van der Waals surface area (Å²) in [5.74, 6) is 0.220. The first-order valence-electron chi connectivity index (χ1n) is 10.0. The second-order valence-electron chi connectivity index (χ2n) is 7.27. The van der Waals surface area contributed by atoms with Crippen LogP contribution in [0.15, 0.2) is 65.3 Å². The van der Waals surface area contributed by atoms with Gasteiger partial charge in [0.25, 0.3) is 5.89 Å². The number of halogens is 3. The van der Waals surface area contributed by atoms with E-state index in [1.165, 1.54) is 19.2 Å². The zero-order valence-electron chi connectivity index (χ0n) is 18.1. The molecule has 2 aromatic carbocycles. The Morgan fingerprint density at radius 1 is 1.15 bits per heavy atom. The van der Waals surface area contributed by atoms with Gasteiger partial charge < -0.3 is 23.9 Å². The van der Waals surface area contributed by atoms with E-state index in [2.05, 4.69) is 20.2 Å². The second-order valence-corrected chi connectivity index (χ2v) is 7.27. The summed E-state index contributed by atoms with van der Waals surface area (Å²) in [5, 5.41) is 6.72. The molecule has 2 heterocycles. The third kappa shape index (κ3) is 5.37. The molecule has 176 valence electrons. The molecule has 8 nitrogen and oxygen atoms in total. The molecule has 4 aromatic rings. The minimum Gasteiger partial charge on any atom is -0.495 e. The fourth-order valence-corrected chi connectivity index (χ4v) is 3.26. The molecule has 0 fully saturated rings. The number of alkyl halides is 3. The van der Waals surface area contributed by atoms with Crippen LogP contribution in [-0.2, 0) is 11.3 Å². The highest BCUT2D eigenvalue weighted by Crippen LogP contribution is 2.28. The van der Waals surface area contributed by atoms with Crippen LogP contribution in [0.25, 0.3) is 23.0 Å². The topological polar surface area (TPSA) is 91.4 Å². The molecule has 0 radical (unpaired) electrons. The summed E-state index contributed by atoms with van der Waals surface area (Å²) < 4.78 is 53.1. The van der Waals surface area contributed by atoms with Gasteiger partial charge in [-0.1, -0.05) is 11.2 Å². The van der Waals surface area contributed by atoms with Gasteiger partial charge in [0.05, 0.1) is 12.8 Å². The minimum atomic E-state index is -4.77. The van der Waals surface area contributed by atoms with E-state index in [0.29, 0.717) is 22.7 Å². The maximum Gasteiger partial charge on any atom is 0.573 e. The highest BCUT2D eigenvalue weighted by atomic mass is 19.4. The van der Waals surface area contributed by atoms with Crippen LogP contribution in [0.2, 0.25) is 0 Å². The lowest BCUT2D eigenvalue weighted by Crippen LogP contribution is -2.19. The van der Waals surface area contributed by atoms with Crippen molar-refractivity contribution >= 4 is 11.6 Å². The van der Waals surface area contributed by atoms with Crippen molar-refractivity contribution in [3.05, 3.63) is 66.4 Å². The van der Waals surface area contributed by atoms with Crippen molar-refractivity contribution in [2.45, 2.75) is 19.8 Å². The number of hydrogen-bond donors (Lipinski definition) is 1. The van der Waals surface area contributed by atoms with Crippen LogP contribution in [0, 0.1) is 6.92 Å². The first kappa shape index (κ1) is 22.9. The monoisotopic (exact) mass is 472 g/mol. The minimum absolute atomic E-state index is 0.0272. The second kappa shape index (κ2) is 9.30. The van der Waals surface area contributed by atoms with Gasteiger partial charge in [-0.3, -0.25) is 4.79 Å². The normalized spacial score (nSPS) is 11.3. The molecule has 2 aromatic heterocycles. The number of methoxy groups -OCH3 is 1. The number of nitrogens with one attached hydrogen (secondary N) is 1. The van der Waals surface area contributed by atoms with Crippen LogP contribution in [-0.4, -0.2) is 34.1 Å². The molecule has 1 amide bonds. The van der Waals surface area contributed by atoms with Gasteiger partial charge >= 0.3 is 6.36 Å². The fraction of sp³-hybridized carbons (Fsp3) is 0.174. The molecule has 0 saturated heterocycles. The lowest BCUT2D eigenvalue weighted by atomic mass is 10.2. The molecule has 0 aliphatic heterocycles. The quantitative estimate of drug-likeness (QED) is 0.404. The predicted octanol–water partition coefficient (Wildman–Crippen LogP) is 5.06. The van der Waals surface area contributed by atoms with Crippen molar-refractivity contribution in [3.8, 4) is 34.5 Å². The zero-order chi connectivity index (χ0) is 24.3. The summed E-state index contributed by atoms with van der Waals surface area (Å²) in [6, 6.07) is 14.0. The van der Waals surface area contributed by atoms with E-state index < -0.39 is 6.36 Å². The number of rotatable bonds is 7. The lowest BCUT2D eigenvalue weighted by Gasteiger charge is -2.12. The van der Waals surface area contributed by atoms with E-state index >= 15 is 0 Å². The van der Waals surface area contributed by atoms with Crippen LogP contribution in [0.1, 0.15) is 5.56 Å². The number of aryl methyl sites for hydroxylation is 1. The number of hydrogen-bond acceptors (Lipinski definition) is 6. The Kier molecular flexibility index (Phi) is 6.26. The van der Waals surface area contributed by atoms with Gasteiger partial charge in [0, 0.05) is 11.8 Å². The van der Waals surface area contributed by atoms with E-state index in [1.807, 2.05) is 19.1 Å². The Morgan fingerprint density at radius 2 is 1.91 bits per heavy atom. The molecule has 1 N–H and O–H groups in total. The van der Waals surface area contributed by atoms with Crippen molar-refractivity contribution in [2.24, 2.45) is 0 Å². The summed E-state index contributed by atoms with van der Waals surface area (Å²) in [7, 11) is 1.52. The van der Waals surface area contributed by atoms with Gasteiger partial charge in [0.15, 0.2) is 0 Å². The molecule has 0 unspecified atom stereocenters. The number of benzene rings is 2. The van der Waals surface area contributed by atoms with E-state index in [4.69, 9.17) is 9.26 Å². The van der Waals surface area contributed by atoms with Gasteiger partial charge in [-0.25, -0.2) is 0 Å². The molecule has 4 rings (SSSR count). The molecule has 0 atom stereocenters. The van der Waals surface area contributed by atoms with Crippen LogP contribution < -0.4 is 14.8 Å². The van der Waals surface area contributed by atoms with E-state index in [0.717, 1.165) is 17.7 Å². The molecule has 11 heteroatoms. The highest BCUT2D eigenvalue weighted by Gasteiger charge is 2.31. The van der Waals surface area contributed by atoms with Crippen molar-refractivity contribution in [2.75, 3.05) is 12.4 Å². The van der Waals surface area contributed by atoms with Gasteiger partial charge in [0.1, 0.15) is 23.7 Å². The van der Waals surface area contributed by atoms with Crippen LogP contribution in [0.5, 0.6) is 11.5 Å². The van der Waals surface area contributed by atoms with Crippen molar-refractivity contribution in [1.82, 2.24) is 14.7 Å². The molecular formula is C23H19F3N4O4.